The van der Waals surface area contributed by atoms with Crippen molar-refractivity contribution in [1.29, 1.82) is 0 Å². The lowest BCUT2D eigenvalue weighted by atomic mass is 10.1. The summed E-state index contributed by atoms with van der Waals surface area (Å²) >= 11 is 5.93. The number of amides is 2. The maximum atomic E-state index is 13.1. The number of nitrogens with one attached hydrogen (secondary N) is 1. The van der Waals surface area contributed by atoms with Gasteiger partial charge in [-0.2, -0.15) is 0 Å². The van der Waals surface area contributed by atoms with Crippen LogP contribution in [0.25, 0.3) is 0 Å². The zero-order chi connectivity index (χ0) is 19.8. The molecule has 1 unspecified atom stereocenters. The van der Waals surface area contributed by atoms with E-state index < -0.39 is 6.04 Å². The van der Waals surface area contributed by atoms with E-state index in [9.17, 15) is 9.59 Å². The monoisotopic (exact) mass is 386 g/mol. The largest absolute Gasteiger partial charge is 0.355 e. The highest BCUT2D eigenvalue weighted by Crippen LogP contribution is 2.16. The molecule has 2 rings (SSSR count). The summed E-state index contributed by atoms with van der Waals surface area (Å²) in [5, 5.41) is 3.49. The van der Waals surface area contributed by atoms with Gasteiger partial charge in [0.25, 0.3) is 0 Å². The van der Waals surface area contributed by atoms with Crippen LogP contribution in [0, 0.1) is 6.92 Å². The molecule has 2 amide bonds. The van der Waals surface area contributed by atoms with Crippen LogP contribution in [-0.4, -0.2) is 29.3 Å². The molecule has 1 N–H and O–H groups in total. The SMILES string of the molecule is CCNC(=O)C(CC)N(Cc1cccc(C)c1)C(=O)Cc1ccc(Cl)cc1. The maximum absolute atomic E-state index is 13.1. The summed E-state index contributed by atoms with van der Waals surface area (Å²) in [7, 11) is 0. The Bertz CT molecular complexity index is 774. The van der Waals surface area contributed by atoms with E-state index in [4.69, 9.17) is 11.6 Å². The average molecular weight is 387 g/mol. The maximum Gasteiger partial charge on any atom is 0.242 e. The van der Waals surface area contributed by atoms with Crippen molar-refractivity contribution in [3.05, 3.63) is 70.2 Å². The Kier molecular flexibility index (Phi) is 7.86. The van der Waals surface area contributed by atoms with Gasteiger partial charge in [0, 0.05) is 18.1 Å². The highest BCUT2D eigenvalue weighted by Gasteiger charge is 2.28. The van der Waals surface area contributed by atoms with Crippen LogP contribution in [0.2, 0.25) is 5.02 Å². The Morgan fingerprint density at radius 3 is 2.37 bits per heavy atom. The van der Waals surface area contributed by atoms with Gasteiger partial charge in [-0.15, -0.1) is 0 Å². The number of rotatable bonds is 8. The Balaban J connectivity index is 2.27. The fraction of sp³-hybridized carbons (Fsp3) is 0.364. The molecule has 0 spiro atoms. The minimum Gasteiger partial charge on any atom is -0.355 e. The highest BCUT2D eigenvalue weighted by molar-refractivity contribution is 6.30. The second-order valence-electron chi connectivity index (χ2n) is 6.63. The number of aryl methyl sites for hydroxylation is 1. The van der Waals surface area contributed by atoms with Crippen LogP contribution >= 0.6 is 11.6 Å². The summed E-state index contributed by atoms with van der Waals surface area (Å²) in [6.07, 6.45) is 0.795. The van der Waals surface area contributed by atoms with E-state index in [2.05, 4.69) is 5.32 Å². The van der Waals surface area contributed by atoms with Gasteiger partial charge >= 0.3 is 0 Å². The highest BCUT2D eigenvalue weighted by atomic mass is 35.5. The number of nitrogens with zero attached hydrogens (tertiary/aromatic N) is 1. The third-order valence-corrected chi connectivity index (χ3v) is 4.69. The smallest absolute Gasteiger partial charge is 0.242 e. The van der Waals surface area contributed by atoms with Gasteiger partial charge in [0.1, 0.15) is 6.04 Å². The lowest BCUT2D eigenvalue weighted by molar-refractivity contribution is -0.140. The van der Waals surface area contributed by atoms with Gasteiger partial charge in [-0.25, -0.2) is 0 Å². The summed E-state index contributed by atoms with van der Waals surface area (Å²) in [6, 6.07) is 14.8. The third kappa shape index (κ3) is 6.10. The lowest BCUT2D eigenvalue weighted by Gasteiger charge is -2.30. The first-order chi connectivity index (χ1) is 12.9. The Labute approximate surface area is 166 Å². The molecule has 2 aromatic carbocycles. The molecule has 0 fully saturated rings. The van der Waals surface area contributed by atoms with E-state index >= 15 is 0 Å². The van der Waals surface area contributed by atoms with Crippen molar-refractivity contribution in [3.8, 4) is 0 Å². The summed E-state index contributed by atoms with van der Waals surface area (Å²) in [5.74, 6) is -0.186. The fourth-order valence-electron chi connectivity index (χ4n) is 3.10. The van der Waals surface area contributed by atoms with Crippen molar-refractivity contribution < 1.29 is 9.59 Å². The van der Waals surface area contributed by atoms with Crippen LogP contribution < -0.4 is 5.32 Å². The first-order valence-corrected chi connectivity index (χ1v) is 9.69. The van der Waals surface area contributed by atoms with Crippen molar-refractivity contribution in [2.75, 3.05) is 6.54 Å². The molecule has 0 saturated carbocycles. The molecule has 0 aliphatic rings. The van der Waals surface area contributed by atoms with Crippen LogP contribution in [0.4, 0.5) is 0 Å². The zero-order valence-electron chi connectivity index (χ0n) is 16.2. The molecule has 2 aromatic rings. The van der Waals surface area contributed by atoms with Crippen LogP contribution in [0.15, 0.2) is 48.5 Å². The number of halogens is 1. The second kappa shape index (κ2) is 10.1. The zero-order valence-corrected chi connectivity index (χ0v) is 16.9. The van der Waals surface area contributed by atoms with Gasteiger partial charge < -0.3 is 10.2 Å². The molecule has 0 saturated heterocycles. The fourth-order valence-corrected chi connectivity index (χ4v) is 3.22. The molecule has 0 aliphatic heterocycles. The van der Waals surface area contributed by atoms with Gasteiger partial charge in [0.05, 0.1) is 6.42 Å². The van der Waals surface area contributed by atoms with Crippen LogP contribution in [-0.2, 0) is 22.6 Å². The molecule has 4 nitrogen and oxygen atoms in total. The molecule has 0 heterocycles. The first-order valence-electron chi connectivity index (χ1n) is 9.31. The second-order valence-corrected chi connectivity index (χ2v) is 7.07. The number of hydrogen-bond donors (Lipinski definition) is 1. The minimum atomic E-state index is -0.495. The standard InChI is InChI=1S/C22H27ClN2O2/c1-4-20(22(27)24-5-2)25(15-18-8-6-7-16(3)13-18)21(26)14-17-9-11-19(23)12-10-17/h6-13,20H,4-5,14-15H2,1-3H3,(H,24,27). The van der Waals surface area contributed by atoms with Gasteiger partial charge in [-0.3, -0.25) is 9.59 Å². The van der Waals surface area contributed by atoms with Gasteiger partial charge in [-0.1, -0.05) is 60.5 Å². The number of benzene rings is 2. The van der Waals surface area contributed by atoms with Gasteiger partial charge in [-0.05, 0) is 43.5 Å². The normalized spacial score (nSPS) is 11.7. The number of likely N-dealkylation sites (N-methyl/N-ethyl adjacent to an activating group) is 1. The summed E-state index contributed by atoms with van der Waals surface area (Å²) in [6.45, 7) is 6.77. The molecule has 0 radical (unpaired) electrons. The van der Waals surface area contributed by atoms with Crippen LogP contribution in [0.5, 0.6) is 0 Å². The molecule has 0 aromatic heterocycles. The Hall–Kier alpha value is -2.33. The molecule has 27 heavy (non-hydrogen) atoms. The predicted octanol–water partition coefficient (Wildman–Crippen LogP) is 4.13. The average Bonchev–Trinajstić information content (AvgIpc) is 2.63. The molecule has 1 atom stereocenters. The number of hydrogen-bond acceptors (Lipinski definition) is 2. The van der Waals surface area contributed by atoms with Crippen molar-refractivity contribution in [2.24, 2.45) is 0 Å². The van der Waals surface area contributed by atoms with E-state index in [1.165, 1.54) is 0 Å². The Morgan fingerprint density at radius 1 is 1.07 bits per heavy atom. The van der Waals surface area contributed by atoms with Crippen molar-refractivity contribution in [3.63, 3.8) is 0 Å². The number of carbonyl (C=O) groups is 2. The van der Waals surface area contributed by atoms with Crippen molar-refractivity contribution >= 4 is 23.4 Å². The molecule has 144 valence electrons. The third-order valence-electron chi connectivity index (χ3n) is 4.44. The molecular formula is C22H27ClN2O2. The summed E-state index contributed by atoms with van der Waals surface area (Å²) in [5.41, 5.74) is 3.02. The van der Waals surface area contributed by atoms with Gasteiger partial charge in [0.15, 0.2) is 0 Å². The summed E-state index contributed by atoms with van der Waals surface area (Å²) in [4.78, 5) is 27.3. The van der Waals surface area contributed by atoms with E-state index in [0.717, 1.165) is 16.7 Å². The molecule has 0 aliphatic carbocycles. The minimum absolute atomic E-state index is 0.0723. The molecule has 0 bridgehead atoms. The first kappa shape index (κ1) is 21.0. The predicted molar refractivity (Wildman–Crippen MR) is 110 cm³/mol. The topological polar surface area (TPSA) is 49.4 Å². The molecular weight excluding hydrogens is 360 g/mol. The quantitative estimate of drug-likeness (QED) is 0.741. The van der Waals surface area contributed by atoms with Crippen LogP contribution in [0.1, 0.15) is 37.0 Å². The number of carbonyl (C=O) groups excluding carboxylic acids is 2. The van der Waals surface area contributed by atoms with E-state index in [1.807, 2.05) is 57.2 Å². The van der Waals surface area contributed by atoms with Crippen LogP contribution in [0.3, 0.4) is 0 Å². The lowest BCUT2D eigenvalue weighted by Crippen LogP contribution is -2.49. The van der Waals surface area contributed by atoms with E-state index in [1.54, 1.807) is 17.0 Å². The van der Waals surface area contributed by atoms with Gasteiger partial charge in [0.2, 0.25) is 11.8 Å². The summed E-state index contributed by atoms with van der Waals surface area (Å²) < 4.78 is 0. The van der Waals surface area contributed by atoms with Crippen molar-refractivity contribution in [1.82, 2.24) is 10.2 Å². The molecule has 5 heteroatoms. The van der Waals surface area contributed by atoms with E-state index in [0.29, 0.717) is 24.5 Å². The van der Waals surface area contributed by atoms with Crippen molar-refractivity contribution in [2.45, 2.75) is 46.2 Å². The Morgan fingerprint density at radius 2 is 1.78 bits per heavy atom. The van der Waals surface area contributed by atoms with E-state index in [-0.39, 0.29) is 18.2 Å².